The molecule has 0 amide bonds. The number of carbonyl (C=O) groups is 1. The van der Waals surface area contributed by atoms with E-state index in [9.17, 15) is 9.90 Å². The van der Waals surface area contributed by atoms with Crippen LogP contribution in [0.25, 0.3) is 0 Å². The van der Waals surface area contributed by atoms with Crippen molar-refractivity contribution in [3.63, 3.8) is 0 Å². The quantitative estimate of drug-likeness (QED) is 0.742. The number of ether oxygens (including phenoxy) is 1. The maximum absolute atomic E-state index is 11.9. The van der Waals surface area contributed by atoms with Gasteiger partial charge < -0.3 is 9.84 Å². The Kier molecular flexibility index (Phi) is 5.92. The van der Waals surface area contributed by atoms with E-state index in [1.807, 2.05) is 13.8 Å². The van der Waals surface area contributed by atoms with E-state index in [2.05, 4.69) is 11.8 Å². The van der Waals surface area contributed by atoms with Gasteiger partial charge in [-0.1, -0.05) is 20.3 Å². The van der Waals surface area contributed by atoms with E-state index >= 15 is 0 Å². The molecule has 1 fully saturated rings. The topological polar surface area (TPSA) is 49.8 Å². The molecule has 3 atom stereocenters. The zero-order valence-corrected chi connectivity index (χ0v) is 11.2. The van der Waals surface area contributed by atoms with Crippen LogP contribution in [0.4, 0.5) is 0 Å². The predicted molar refractivity (Wildman–Crippen MR) is 66.7 cm³/mol. The smallest absolute Gasteiger partial charge is 0.323 e. The van der Waals surface area contributed by atoms with Gasteiger partial charge in [-0.25, -0.2) is 0 Å². The molecule has 1 saturated heterocycles. The van der Waals surface area contributed by atoms with Gasteiger partial charge in [0.2, 0.25) is 0 Å². The third-order valence-electron chi connectivity index (χ3n) is 3.45. The molecule has 4 heteroatoms. The molecule has 100 valence electrons. The first-order valence-corrected chi connectivity index (χ1v) is 6.68. The minimum atomic E-state index is -0.226. The van der Waals surface area contributed by atoms with Crippen LogP contribution in [0.3, 0.4) is 0 Å². The van der Waals surface area contributed by atoms with Crippen LogP contribution >= 0.6 is 0 Å². The van der Waals surface area contributed by atoms with E-state index in [1.165, 1.54) is 0 Å². The van der Waals surface area contributed by atoms with Crippen LogP contribution < -0.4 is 0 Å². The second kappa shape index (κ2) is 6.97. The molecule has 1 aliphatic heterocycles. The summed E-state index contributed by atoms with van der Waals surface area (Å²) in [4.78, 5) is 14.1. The third-order valence-corrected chi connectivity index (χ3v) is 3.45. The van der Waals surface area contributed by atoms with Gasteiger partial charge >= 0.3 is 5.97 Å². The lowest BCUT2D eigenvalue weighted by Gasteiger charge is -2.38. The van der Waals surface area contributed by atoms with E-state index in [0.29, 0.717) is 6.61 Å². The van der Waals surface area contributed by atoms with E-state index < -0.39 is 0 Å². The highest BCUT2D eigenvalue weighted by molar-refractivity contribution is 5.75. The molecule has 0 aromatic heterocycles. The SMILES string of the molecule is CCCC(C(=O)OCC)N1CCC(O)C(C)C1. The summed E-state index contributed by atoms with van der Waals surface area (Å²) in [5.74, 6) is 0.121. The lowest BCUT2D eigenvalue weighted by Crippen LogP contribution is -2.50. The van der Waals surface area contributed by atoms with Gasteiger partial charge in [0.05, 0.1) is 12.7 Å². The maximum Gasteiger partial charge on any atom is 0.323 e. The summed E-state index contributed by atoms with van der Waals surface area (Å²) >= 11 is 0. The average molecular weight is 243 g/mol. The number of carbonyl (C=O) groups excluding carboxylic acids is 1. The van der Waals surface area contributed by atoms with Crippen molar-refractivity contribution < 1.29 is 14.6 Å². The second-order valence-electron chi connectivity index (χ2n) is 4.88. The van der Waals surface area contributed by atoms with Crippen molar-refractivity contribution in [2.24, 2.45) is 5.92 Å². The fourth-order valence-electron chi connectivity index (χ4n) is 2.41. The molecule has 1 rings (SSSR count). The Morgan fingerprint density at radius 1 is 1.53 bits per heavy atom. The molecule has 0 aliphatic carbocycles. The molecule has 0 saturated carbocycles. The van der Waals surface area contributed by atoms with Crippen molar-refractivity contribution >= 4 is 5.97 Å². The van der Waals surface area contributed by atoms with Crippen LogP contribution in [-0.2, 0) is 9.53 Å². The molecule has 0 radical (unpaired) electrons. The lowest BCUT2D eigenvalue weighted by molar-refractivity contribution is -0.151. The minimum absolute atomic E-state index is 0.113. The summed E-state index contributed by atoms with van der Waals surface area (Å²) in [6.45, 7) is 7.95. The van der Waals surface area contributed by atoms with Crippen LogP contribution in [0.2, 0.25) is 0 Å². The Morgan fingerprint density at radius 2 is 2.24 bits per heavy atom. The highest BCUT2D eigenvalue weighted by Gasteiger charge is 2.32. The fraction of sp³-hybridized carbons (Fsp3) is 0.923. The van der Waals surface area contributed by atoms with Gasteiger partial charge in [-0.05, 0) is 25.7 Å². The molecule has 0 aromatic rings. The molecule has 1 heterocycles. The molecular weight excluding hydrogens is 218 g/mol. The summed E-state index contributed by atoms with van der Waals surface area (Å²) in [6, 6.07) is -0.130. The molecule has 0 spiro atoms. The first-order valence-electron chi connectivity index (χ1n) is 6.68. The number of rotatable bonds is 5. The van der Waals surface area contributed by atoms with Crippen molar-refractivity contribution in [3.05, 3.63) is 0 Å². The lowest BCUT2D eigenvalue weighted by atomic mass is 9.94. The van der Waals surface area contributed by atoms with Crippen LogP contribution in [0.5, 0.6) is 0 Å². The summed E-state index contributed by atoms with van der Waals surface area (Å²) in [5.41, 5.74) is 0. The van der Waals surface area contributed by atoms with Gasteiger partial charge in [-0.3, -0.25) is 9.69 Å². The summed E-state index contributed by atoms with van der Waals surface area (Å²) in [5, 5.41) is 9.71. The fourth-order valence-corrected chi connectivity index (χ4v) is 2.41. The van der Waals surface area contributed by atoms with Gasteiger partial charge in [0.15, 0.2) is 0 Å². The van der Waals surface area contributed by atoms with E-state index in [4.69, 9.17) is 4.74 Å². The zero-order chi connectivity index (χ0) is 12.8. The van der Waals surface area contributed by atoms with Gasteiger partial charge in [0.1, 0.15) is 6.04 Å². The largest absolute Gasteiger partial charge is 0.465 e. The number of hydrogen-bond donors (Lipinski definition) is 1. The highest BCUT2D eigenvalue weighted by atomic mass is 16.5. The predicted octanol–water partition coefficient (Wildman–Crippen LogP) is 1.42. The summed E-state index contributed by atoms with van der Waals surface area (Å²) in [7, 11) is 0. The van der Waals surface area contributed by atoms with Crippen LogP contribution in [0.1, 0.15) is 40.0 Å². The Hall–Kier alpha value is -0.610. The van der Waals surface area contributed by atoms with E-state index in [1.54, 1.807) is 0 Å². The number of esters is 1. The normalized spacial score (nSPS) is 27.8. The van der Waals surface area contributed by atoms with Crippen molar-refractivity contribution in [1.29, 1.82) is 0 Å². The van der Waals surface area contributed by atoms with Crippen molar-refractivity contribution in [2.45, 2.75) is 52.2 Å². The molecule has 0 bridgehead atoms. The second-order valence-corrected chi connectivity index (χ2v) is 4.88. The maximum atomic E-state index is 11.9. The number of hydrogen-bond acceptors (Lipinski definition) is 4. The Bertz CT molecular complexity index is 245. The molecule has 3 unspecified atom stereocenters. The Morgan fingerprint density at radius 3 is 2.76 bits per heavy atom. The number of likely N-dealkylation sites (tertiary alicyclic amines) is 1. The molecule has 0 aromatic carbocycles. The molecule has 4 nitrogen and oxygen atoms in total. The number of piperidine rings is 1. The van der Waals surface area contributed by atoms with Crippen molar-refractivity contribution in [1.82, 2.24) is 4.90 Å². The first-order chi connectivity index (χ1) is 8.10. The first kappa shape index (κ1) is 14.5. The Labute approximate surface area is 104 Å². The highest BCUT2D eigenvalue weighted by Crippen LogP contribution is 2.21. The van der Waals surface area contributed by atoms with Crippen LogP contribution in [-0.4, -0.2) is 47.8 Å². The molecule has 17 heavy (non-hydrogen) atoms. The average Bonchev–Trinajstić information content (AvgIpc) is 2.30. The monoisotopic (exact) mass is 243 g/mol. The third kappa shape index (κ3) is 3.96. The van der Waals surface area contributed by atoms with Gasteiger partial charge in [-0.15, -0.1) is 0 Å². The van der Waals surface area contributed by atoms with Crippen molar-refractivity contribution in [3.8, 4) is 0 Å². The number of nitrogens with zero attached hydrogens (tertiary/aromatic N) is 1. The Balaban J connectivity index is 2.60. The van der Waals surface area contributed by atoms with Gasteiger partial charge in [0.25, 0.3) is 0 Å². The van der Waals surface area contributed by atoms with Crippen molar-refractivity contribution in [2.75, 3.05) is 19.7 Å². The minimum Gasteiger partial charge on any atom is -0.465 e. The van der Waals surface area contributed by atoms with Crippen LogP contribution in [0, 0.1) is 5.92 Å². The van der Waals surface area contributed by atoms with E-state index in [-0.39, 0.29) is 24.0 Å². The molecule has 1 N–H and O–H groups in total. The summed E-state index contributed by atoms with van der Waals surface area (Å²) in [6.07, 6.45) is 2.33. The number of aliphatic hydroxyl groups is 1. The molecular formula is C13H25NO3. The van der Waals surface area contributed by atoms with Gasteiger partial charge in [0, 0.05) is 13.1 Å². The standard InChI is InChI=1S/C13H25NO3/c1-4-6-11(13(16)17-5-2)14-8-7-12(15)10(3)9-14/h10-12,15H,4-9H2,1-3H3. The number of aliphatic hydroxyl groups excluding tert-OH is 1. The van der Waals surface area contributed by atoms with Crippen LogP contribution in [0.15, 0.2) is 0 Å². The van der Waals surface area contributed by atoms with Gasteiger partial charge in [-0.2, -0.15) is 0 Å². The molecule has 1 aliphatic rings. The van der Waals surface area contributed by atoms with E-state index in [0.717, 1.165) is 32.4 Å². The summed E-state index contributed by atoms with van der Waals surface area (Å²) < 4.78 is 5.13. The zero-order valence-electron chi connectivity index (χ0n) is 11.2.